The van der Waals surface area contributed by atoms with Crippen LogP contribution in [-0.2, 0) is 7.05 Å². The fraction of sp³-hybridized carbons (Fsp3) is 0.308. The minimum absolute atomic E-state index is 0.527. The van der Waals surface area contributed by atoms with Gasteiger partial charge in [0.25, 0.3) is 0 Å². The average Bonchev–Trinajstić information content (AvgIpc) is 2.74. The van der Waals surface area contributed by atoms with Crippen molar-refractivity contribution in [3.05, 3.63) is 48.0 Å². The number of benzene rings is 1. The molecule has 0 aliphatic rings. The van der Waals surface area contributed by atoms with Crippen LogP contribution in [0.25, 0.3) is 0 Å². The Kier molecular flexibility index (Phi) is 3.86. The molecule has 1 unspecified atom stereocenters. The number of rotatable bonds is 4. The van der Waals surface area contributed by atoms with E-state index in [-0.39, 0.29) is 0 Å². The fourth-order valence-corrected chi connectivity index (χ4v) is 2.41. The Bertz CT molecular complexity index is 478. The van der Waals surface area contributed by atoms with Crippen LogP contribution >= 0.6 is 11.8 Å². The lowest BCUT2D eigenvalue weighted by Gasteiger charge is -2.10. The van der Waals surface area contributed by atoms with E-state index >= 15 is 0 Å². The van der Waals surface area contributed by atoms with Crippen LogP contribution in [0, 0.1) is 6.92 Å². The van der Waals surface area contributed by atoms with Gasteiger partial charge in [-0.25, -0.2) is 4.98 Å². The van der Waals surface area contributed by atoms with Gasteiger partial charge in [-0.05, 0) is 19.1 Å². The molecule has 0 aliphatic heterocycles. The molecule has 0 radical (unpaired) electrons. The van der Waals surface area contributed by atoms with Crippen molar-refractivity contribution < 1.29 is 5.11 Å². The van der Waals surface area contributed by atoms with Gasteiger partial charge in [0.05, 0.1) is 0 Å². The summed E-state index contributed by atoms with van der Waals surface area (Å²) >= 11 is 1.64. The van der Waals surface area contributed by atoms with E-state index in [4.69, 9.17) is 0 Å². The first-order valence-electron chi connectivity index (χ1n) is 5.51. The van der Waals surface area contributed by atoms with Gasteiger partial charge in [-0.2, -0.15) is 0 Å². The summed E-state index contributed by atoms with van der Waals surface area (Å²) < 4.78 is 1.85. The van der Waals surface area contributed by atoms with Gasteiger partial charge in [-0.15, -0.1) is 11.8 Å². The molecule has 1 atom stereocenters. The Labute approximate surface area is 106 Å². The average molecular weight is 248 g/mol. The smallest absolute Gasteiger partial charge is 0.138 e. The summed E-state index contributed by atoms with van der Waals surface area (Å²) in [4.78, 5) is 5.31. The second kappa shape index (κ2) is 5.38. The zero-order chi connectivity index (χ0) is 12.3. The lowest BCUT2D eigenvalue weighted by molar-refractivity contribution is 0.190. The Morgan fingerprint density at radius 3 is 2.65 bits per heavy atom. The van der Waals surface area contributed by atoms with Crippen molar-refractivity contribution in [1.29, 1.82) is 0 Å². The first-order chi connectivity index (χ1) is 8.16. The Balaban J connectivity index is 1.94. The maximum absolute atomic E-state index is 10.0. The highest BCUT2D eigenvalue weighted by atomic mass is 32.2. The third-order valence-corrected chi connectivity index (χ3v) is 3.67. The number of aromatic nitrogens is 2. The molecule has 1 N–H and O–H groups in total. The Morgan fingerprint density at radius 2 is 2.06 bits per heavy atom. The molecule has 4 heteroatoms. The summed E-state index contributed by atoms with van der Waals surface area (Å²) in [6.07, 6.45) is 3.02. The summed E-state index contributed by atoms with van der Waals surface area (Å²) in [6.45, 7) is 2.07. The SMILES string of the molecule is Cc1ccc(SCC(O)c2nccn2C)cc1. The molecule has 1 heterocycles. The van der Waals surface area contributed by atoms with E-state index in [1.165, 1.54) is 10.5 Å². The van der Waals surface area contributed by atoms with Crippen molar-refractivity contribution in [2.75, 3.05) is 5.75 Å². The van der Waals surface area contributed by atoms with Gasteiger partial charge in [0.15, 0.2) is 0 Å². The second-order valence-electron chi connectivity index (χ2n) is 4.04. The van der Waals surface area contributed by atoms with Gasteiger partial charge >= 0.3 is 0 Å². The van der Waals surface area contributed by atoms with Crippen molar-refractivity contribution in [1.82, 2.24) is 9.55 Å². The van der Waals surface area contributed by atoms with Crippen LogP contribution in [-0.4, -0.2) is 20.4 Å². The van der Waals surface area contributed by atoms with Crippen LogP contribution in [0.5, 0.6) is 0 Å². The highest BCUT2D eigenvalue weighted by Crippen LogP contribution is 2.23. The van der Waals surface area contributed by atoms with Gasteiger partial charge in [0, 0.05) is 30.1 Å². The molecule has 2 aromatic rings. The first-order valence-corrected chi connectivity index (χ1v) is 6.50. The van der Waals surface area contributed by atoms with Gasteiger partial charge in [0.1, 0.15) is 11.9 Å². The third-order valence-electron chi connectivity index (χ3n) is 2.59. The molecular formula is C13H16N2OS. The molecule has 1 aromatic heterocycles. The molecule has 0 fully saturated rings. The molecule has 0 aliphatic carbocycles. The molecule has 0 spiro atoms. The van der Waals surface area contributed by atoms with E-state index in [2.05, 4.69) is 36.2 Å². The minimum Gasteiger partial charge on any atom is -0.384 e. The highest BCUT2D eigenvalue weighted by Gasteiger charge is 2.12. The second-order valence-corrected chi connectivity index (χ2v) is 5.13. The van der Waals surface area contributed by atoms with Crippen molar-refractivity contribution in [3.63, 3.8) is 0 Å². The zero-order valence-corrected chi connectivity index (χ0v) is 10.8. The number of hydrogen-bond acceptors (Lipinski definition) is 3. The largest absolute Gasteiger partial charge is 0.384 e. The lowest BCUT2D eigenvalue weighted by Crippen LogP contribution is -2.07. The topological polar surface area (TPSA) is 38.1 Å². The third kappa shape index (κ3) is 3.11. The van der Waals surface area contributed by atoms with Crippen molar-refractivity contribution >= 4 is 11.8 Å². The van der Waals surface area contributed by atoms with Gasteiger partial charge < -0.3 is 9.67 Å². The Hall–Kier alpha value is -1.26. The first kappa shape index (κ1) is 12.2. The Morgan fingerprint density at radius 1 is 1.35 bits per heavy atom. The monoisotopic (exact) mass is 248 g/mol. The molecule has 1 aromatic carbocycles. The number of nitrogens with zero attached hydrogens (tertiary/aromatic N) is 2. The predicted octanol–water partition coefficient (Wildman–Crippen LogP) is 2.55. The van der Waals surface area contributed by atoms with Crippen LogP contribution in [0.4, 0.5) is 0 Å². The normalized spacial score (nSPS) is 12.6. The van der Waals surface area contributed by atoms with Gasteiger partial charge in [-0.3, -0.25) is 0 Å². The summed E-state index contributed by atoms with van der Waals surface area (Å²) in [5.41, 5.74) is 1.25. The molecule has 0 saturated heterocycles. The number of aliphatic hydroxyl groups is 1. The van der Waals surface area contributed by atoms with Crippen LogP contribution in [0.3, 0.4) is 0 Å². The van der Waals surface area contributed by atoms with E-state index in [0.717, 1.165) is 0 Å². The van der Waals surface area contributed by atoms with E-state index in [9.17, 15) is 5.11 Å². The van der Waals surface area contributed by atoms with Crippen LogP contribution in [0.1, 0.15) is 17.5 Å². The lowest BCUT2D eigenvalue weighted by atomic mass is 10.2. The van der Waals surface area contributed by atoms with Crippen LogP contribution in [0.2, 0.25) is 0 Å². The molecule has 2 rings (SSSR count). The molecule has 17 heavy (non-hydrogen) atoms. The van der Waals surface area contributed by atoms with Crippen LogP contribution < -0.4 is 0 Å². The van der Waals surface area contributed by atoms with Gasteiger partial charge in [-0.1, -0.05) is 17.7 Å². The van der Waals surface area contributed by atoms with E-state index in [0.29, 0.717) is 11.6 Å². The maximum Gasteiger partial charge on any atom is 0.138 e. The minimum atomic E-state index is -0.527. The van der Waals surface area contributed by atoms with Crippen LogP contribution in [0.15, 0.2) is 41.6 Å². The molecule has 0 amide bonds. The summed E-state index contributed by atoms with van der Waals surface area (Å²) in [7, 11) is 1.89. The van der Waals surface area contributed by atoms with E-state index < -0.39 is 6.10 Å². The summed E-state index contributed by atoms with van der Waals surface area (Å²) in [5, 5.41) is 10.0. The predicted molar refractivity (Wildman–Crippen MR) is 70.1 cm³/mol. The molecule has 3 nitrogen and oxygen atoms in total. The van der Waals surface area contributed by atoms with E-state index in [1.54, 1.807) is 18.0 Å². The van der Waals surface area contributed by atoms with Crippen molar-refractivity contribution in [3.8, 4) is 0 Å². The maximum atomic E-state index is 10.0. The molecular weight excluding hydrogens is 232 g/mol. The quantitative estimate of drug-likeness (QED) is 0.845. The molecule has 0 saturated carbocycles. The standard InChI is InChI=1S/C13H16N2OS/c1-10-3-5-11(6-4-10)17-9-12(16)13-14-7-8-15(13)2/h3-8,12,16H,9H2,1-2H3. The molecule has 90 valence electrons. The van der Waals surface area contributed by atoms with Crippen molar-refractivity contribution in [2.45, 2.75) is 17.9 Å². The highest BCUT2D eigenvalue weighted by molar-refractivity contribution is 7.99. The summed E-state index contributed by atoms with van der Waals surface area (Å²) in [6, 6.07) is 8.31. The van der Waals surface area contributed by atoms with E-state index in [1.807, 2.05) is 17.8 Å². The number of thioether (sulfide) groups is 1. The molecule has 0 bridgehead atoms. The zero-order valence-electron chi connectivity index (χ0n) is 10.00. The van der Waals surface area contributed by atoms with Crippen molar-refractivity contribution in [2.24, 2.45) is 7.05 Å². The number of hydrogen-bond donors (Lipinski definition) is 1. The summed E-state index contributed by atoms with van der Waals surface area (Å²) in [5.74, 6) is 1.33. The van der Waals surface area contributed by atoms with Gasteiger partial charge in [0.2, 0.25) is 0 Å². The number of aliphatic hydroxyl groups excluding tert-OH is 1. The fourth-order valence-electron chi connectivity index (χ4n) is 1.58. The number of aryl methyl sites for hydroxylation is 2. The number of imidazole rings is 1.